The Hall–Kier alpha value is -5.59. The number of aromatic amines is 1. The van der Waals surface area contributed by atoms with E-state index in [9.17, 15) is 34.9 Å². The summed E-state index contributed by atoms with van der Waals surface area (Å²) >= 11 is 0. The van der Waals surface area contributed by atoms with Crippen molar-refractivity contribution < 1.29 is 15.0 Å². The van der Waals surface area contributed by atoms with Crippen LogP contribution in [0.1, 0.15) is 11.1 Å². The summed E-state index contributed by atoms with van der Waals surface area (Å²) in [5, 5.41) is 37.7. The van der Waals surface area contributed by atoms with Crippen molar-refractivity contribution in [2.75, 3.05) is 5.43 Å². The third kappa shape index (κ3) is 4.56. The molecule has 0 unspecified atom stereocenters. The molecule has 0 fully saturated rings. The standard InChI is InChI=1S/C23H16N6O7/c30-21-19(22(31)27(23(32)24-21)15-9-5-2-6-10-15)20(14-7-3-1-4-8-14)26-25-17-12-11-16(28(33)34)13-18(17)29(35)36/h1-13,25,31H,(H,24,30,32)/b26-20+. The molecule has 0 aliphatic rings. The molecule has 0 aliphatic carbocycles. The number of nitrogens with one attached hydrogen (secondary N) is 2. The normalized spacial score (nSPS) is 11.2. The molecule has 0 radical (unpaired) electrons. The van der Waals surface area contributed by atoms with Crippen molar-refractivity contribution in [2.24, 2.45) is 5.10 Å². The summed E-state index contributed by atoms with van der Waals surface area (Å²) < 4.78 is 0.878. The van der Waals surface area contributed by atoms with Gasteiger partial charge in [0.2, 0.25) is 5.88 Å². The number of para-hydroxylation sites is 1. The number of nitro groups is 2. The van der Waals surface area contributed by atoms with Crippen molar-refractivity contribution in [1.82, 2.24) is 9.55 Å². The number of H-pyrrole nitrogens is 1. The molecular formula is C23H16N6O7. The Balaban J connectivity index is 1.92. The van der Waals surface area contributed by atoms with Crippen molar-refractivity contribution in [3.8, 4) is 11.6 Å². The van der Waals surface area contributed by atoms with Gasteiger partial charge in [0.15, 0.2) is 0 Å². The number of rotatable bonds is 7. The van der Waals surface area contributed by atoms with Crippen LogP contribution in [-0.4, -0.2) is 30.2 Å². The van der Waals surface area contributed by atoms with Crippen LogP contribution in [0.3, 0.4) is 0 Å². The van der Waals surface area contributed by atoms with Gasteiger partial charge >= 0.3 is 11.4 Å². The smallest absolute Gasteiger partial charge is 0.335 e. The lowest BCUT2D eigenvalue weighted by Gasteiger charge is -2.13. The quantitative estimate of drug-likeness (QED) is 0.201. The van der Waals surface area contributed by atoms with Crippen molar-refractivity contribution in [1.29, 1.82) is 0 Å². The second-order valence-corrected chi connectivity index (χ2v) is 7.28. The van der Waals surface area contributed by atoms with Gasteiger partial charge in [0.1, 0.15) is 17.0 Å². The molecule has 13 heteroatoms. The summed E-state index contributed by atoms with van der Waals surface area (Å²) in [4.78, 5) is 48.4. The summed E-state index contributed by atoms with van der Waals surface area (Å²) in [5.41, 5.74) is -0.653. The second kappa shape index (κ2) is 9.72. The van der Waals surface area contributed by atoms with E-state index in [0.717, 1.165) is 22.8 Å². The second-order valence-electron chi connectivity index (χ2n) is 7.28. The Morgan fingerprint density at radius 1 is 0.917 bits per heavy atom. The van der Waals surface area contributed by atoms with Gasteiger partial charge in [-0.2, -0.15) is 5.10 Å². The van der Waals surface area contributed by atoms with Crippen LogP contribution in [0.25, 0.3) is 5.69 Å². The maximum Gasteiger partial charge on any atom is 0.335 e. The monoisotopic (exact) mass is 488 g/mol. The number of anilines is 1. The van der Waals surface area contributed by atoms with Gasteiger partial charge in [-0.1, -0.05) is 48.5 Å². The Labute approximate surface area is 200 Å². The number of hydrazone groups is 1. The van der Waals surface area contributed by atoms with Gasteiger partial charge in [-0.3, -0.25) is 35.4 Å². The zero-order chi connectivity index (χ0) is 25.8. The number of aromatic hydroxyl groups is 1. The van der Waals surface area contributed by atoms with E-state index in [0.29, 0.717) is 5.56 Å². The van der Waals surface area contributed by atoms with Gasteiger partial charge in [0, 0.05) is 11.6 Å². The fourth-order valence-electron chi connectivity index (χ4n) is 3.41. The van der Waals surface area contributed by atoms with E-state index >= 15 is 0 Å². The van der Waals surface area contributed by atoms with Gasteiger partial charge in [-0.25, -0.2) is 9.36 Å². The summed E-state index contributed by atoms with van der Waals surface area (Å²) in [6.45, 7) is 0. The van der Waals surface area contributed by atoms with Gasteiger partial charge in [0.05, 0.1) is 21.6 Å². The number of nitrogens with zero attached hydrogens (tertiary/aromatic N) is 4. The predicted molar refractivity (Wildman–Crippen MR) is 130 cm³/mol. The first-order valence-corrected chi connectivity index (χ1v) is 10.2. The van der Waals surface area contributed by atoms with E-state index in [1.165, 1.54) is 0 Å². The average Bonchev–Trinajstić information content (AvgIpc) is 2.86. The van der Waals surface area contributed by atoms with E-state index in [-0.39, 0.29) is 22.6 Å². The Morgan fingerprint density at radius 3 is 2.17 bits per heavy atom. The molecule has 0 saturated heterocycles. The van der Waals surface area contributed by atoms with E-state index in [1.54, 1.807) is 60.7 Å². The molecule has 180 valence electrons. The van der Waals surface area contributed by atoms with Crippen LogP contribution in [0.4, 0.5) is 17.1 Å². The number of non-ortho nitro benzene ring substituents is 1. The Morgan fingerprint density at radius 2 is 1.56 bits per heavy atom. The van der Waals surface area contributed by atoms with E-state index in [2.05, 4.69) is 15.5 Å². The minimum atomic E-state index is -0.952. The molecule has 0 aliphatic heterocycles. The Bertz CT molecular complexity index is 1610. The van der Waals surface area contributed by atoms with Crippen LogP contribution in [0, 0.1) is 20.2 Å². The third-order valence-corrected chi connectivity index (χ3v) is 5.06. The highest BCUT2D eigenvalue weighted by Gasteiger charge is 2.23. The molecule has 13 nitrogen and oxygen atoms in total. The van der Waals surface area contributed by atoms with Gasteiger partial charge in [-0.15, -0.1) is 0 Å². The molecule has 3 N–H and O–H groups in total. The first-order chi connectivity index (χ1) is 17.3. The molecule has 1 heterocycles. The minimum absolute atomic E-state index is 0.147. The van der Waals surface area contributed by atoms with Gasteiger partial charge < -0.3 is 5.11 Å². The fraction of sp³-hybridized carbons (Fsp3) is 0. The average molecular weight is 488 g/mol. The predicted octanol–water partition coefficient (Wildman–Crippen LogP) is 2.91. The molecule has 0 spiro atoms. The summed E-state index contributed by atoms with van der Waals surface area (Å²) in [5.74, 6) is -0.711. The zero-order valence-corrected chi connectivity index (χ0v) is 18.2. The number of aromatic nitrogens is 2. The molecule has 0 saturated carbocycles. The minimum Gasteiger partial charge on any atom is -0.493 e. The van der Waals surface area contributed by atoms with Crippen molar-refractivity contribution in [3.63, 3.8) is 0 Å². The Kier molecular flexibility index (Phi) is 6.36. The summed E-state index contributed by atoms with van der Waals surface area (Å²) in [6.07, 6.45) is 0. The maximum atomic E-state index is 12.8. The number of nitro benzene ring substituents is 2. The van der Waals surface area contributed by atoms with Crippen molar-refractivity contribution >= 4 is 22.8 Å². The molecule has 3 aromatic carbocycles. The highest BCUT2D eigenvalue weighted by Crippen LogP contribution is 2.29. The fourth-order valence-corrected chi connectivity index (χ4v) is 3.41. The van der Waals surface area contributed by atoms with Crippen LogP contribution in [-0.2, 0) is 0 Å². The molecule has 4 rings (SSSR count). The van der Waals surface area contributed by atoms with Crippen LogP contribution >= 0.6 is 0 Å². The van der Waals surface area contributed by atoms with E-state index in [4.69, 9.17) is 0 Å². The number of hydrogen-bond donors (Lipinski definition) is 3. The first kappa shape index (κ1) is 23.6. The largest absolute Gasteiger partial charge is 0.493 e. The lowest BCUT2D eigenvalue weighted by Crippen LogP contribution is -2.33. The third-order valence-electron chi connectivity index (χ3n) is 5.06. The van der Waals surface area contributed by atoms with Crippen LogP contribution < -0.4 is 16.7 Å². The van der Waals surface area contributed by atoms with E-state index < -0.39 is 38.4 Å². The lowest BCUT2D eigenvalue weighted by atomic mass is 10.0. The van der Waals surface area contributed by atoms with Crippen molar-refractivity contribution in [3.05, 3.63) is 131 Å². The summed E-state index contributed by atoms with van der Waals surface area (Å²) in [7, 11) is 0. The lowest BCUT2D eigenvalue weighted by molar-refractivity contribution is -0.393. The molecule has 1 aromatic heterocycles. The van der Waals surface area contributed by atoms with Crippen LogP contribution in [0.15, 0.2) is 93.6 Å². The summed E-state index contributed by atoms with van der Waals surface area (Å²) in [6, 6.07) is 19.1. The molecular weight excluding hydrogens is 472 g/mol. The van der Waals surface area contributed by atoms with Gasteiger partial charge in [-0.05, 0) is 18.2 Å². The number of hydrogen-bond acceptors (Lipinski definition) is 9. The zero-order valence-electron chi connectivity index (χ0n) is 18.2. The van der Waals surface area contributed by atoms with Crippen molar-refractivity contribution in [2.45, 2.75) is 0 Å². The maximum absolute atomic E-state index is 12.8. The number of benzene rings is 3. The SMILES string of the molecule is O=c1[nH]c(=O)n(-c2ccccc2)c(O)c1/C(=N/Nc1ccc([N+](=O)[O-])cc1[N+](=O)[O-])c1ccccc1. The highest BCUT2D eigenvalue weighted by atomic mass is 16.6. The molecule has 0 atom stereocenters. The van der Waals surface area contributed by atoms with Gasteiger partial charge in [0.25, 0.3) is 11.2 Å². The van der Waals surface area contributed by atoms with Crippen LogP contribution in [0.5, 0.6) is 5.88 Å². The van der Waals surface area contributed by atoms with E-state index in [1.807, 2.05) is 0 Å². The first-order valence-electron chi connectivity index (χ1n) is 10.2. The molecule has 4 aromatic rings. The van der Waals surface area contributed by atoms with Crippen LogP contribution in [0.2, 0.25) is 0 Å². The molecule has 0 bridgehead atoms. The molecule has 0 amide bonds. The topological polar surface area (TPSA) is 186 Å². The highest BCUT2D eigenvalue weighted by molar-refractivity contribution is 6.14. The molecule has 36 heavy (non-hydrogen) atoms.